The molecule has 1 aromatic carbocycles. The van der Waals surface area contributed by atoms with Crippen molar-refractivity contribution in [2.45, 2.75) is 25.7 Å². The lowest BCUT2D eigenvalue weighted by Crippen LogP contribution is -2.18. The minimum absolute atomic E-state index is 0.0781. The van der Waals surface area contributed by atoms with E-state index in [0.29, 0.717) is 12.0 Å². The zero-order chi connectivity index (χ0) is 12.5. The molecule has 1 heterocycles. The lowest BCUT2D eigenvalue weighted by Gasteiger charge is -2.17. The van der Waals surface area contributed by atoms with Gasteiger partial charge in [0.05, 0.1) is 0 Å². The van der Waals surface area contributed by atoms with Crippen LogP contribution in [0.3, 0.4) is 0 Å². The van der Waals surface area contributed by atoms with E-state index in [1.165, 1.54) is 0 Å². The molecule has 1 unspecified atom stereocenters. The minimum atomic E-state index is -0.0884. The average Bonchev–Trinajstić information content (AvgIpc) is 2.69. The first-order valence-electron chi connectivity index (χ1n) is 6.41. The van der Waals surface area contributed by atoms with E-state index in [4.69, 9.17) is 0 Å². The van der Waals surface area contributed by atoms with Gasteiger partial charge in [-0.25, -0.2) is 0 Å². The summed E-state index contributed by atoms with van der Waals surface area (Å²) < 4.78 is 0. The molecule has 0 spiro atoms. The zero-order valence-corrected chi connectivity index (χ0v) is 10.1. The third kappa shape index (κ3) is 1.86. The van der Waals surface area contributed by atoms with E-state index in [9.17, 15) is 9.59 Å². The lowest BCUT2D eigenvalue weighted by atomic mass is 9.86. The highest BCUT2D eigenvalue weighted by Gasteiger charge is 2.27. The molecule has 1 aliphatic carbocycles. The fourth-order valence-electron chi connectivity index (χ4n) is 2.69. The quantitative estimate of drug-likeness (QED) is 0.768. The number of fused-ring (bicyclic) bond motifs is 1. The molecule has 1 aromatic rings. The van der Waals surface area contributed by atoms with Crippen LogP contribution in [0.2, 0.25) is 0 Å². The summed E-state index contributed by atoms with van der Waals surface area (Å²) in [4.78, 5) is 23.7. The Bertz CT molecular complexity index is 545. The number of nitrogens with one attached hydrogen (secondary N) is 1. The summed E-state index contributed by atoms with van der Waals surface area (Å²) in [5, 5.41) is 2.83. The number of benzene rings is 1. The first-order valence-corrected chi connectivity index (χ1v) is 6.41. The van der Waals surface area contributed by atoms with Crippen LogP contribution in [-0.2, 0) is 9.59 Å². The molecule has 0 aromatic heterocycles. The molecule has 3 rings (SSSR count). The molecule has 0 bridgehead atoms. The second kappa shape index (κ2) is 4.41. The number of ketones is 1. The largest absolute Gasteiger partial charge is 0.321 e. The third-order valence-electron chi connectivity index (χ3n) is 3.68. The van der Waals surface area contributed by atoms with Gasteiger partial charge in [0.15, 0.2) is 0 Å². The average molecular weight is 241 g/mol. The number of hydrogen-bond acceptors (Lipinski definition) is 2. The minimum Gasteiger partial charge on any atom is -0.321 e. The summed E-state index contributed by atoms with van der Waals surface area (Å²) in [5.74, 6) is 0.103. The van der Waals surface area contributed by atoms with Crippen LogP contribution in [0.25, 0.3) is 5.57 Å². The number of allylic oxidation sites excluding steroid dienone is 1. The number of Topliss-reactive ketones (excluding diaryl/α,β-unsaturated/α-hetero) is 1. The van der Waals surface area contributed by atoms with Crippen molar-refractivity contribution in [1.82, 2.24) is 0 Å². The number of para-hydroxylation sites is 1. The van der Waals surface area contributed by atoms with Gasteiger partial charge >= 0.3 is 0 Å². The lowest BCUT2D eigenvalue weighted by molar-refractivity contribution is -0.122. The Morgan fingerprint density at radius 2 is 2.00 bits per heavy atom. The monoisotopic (exact) mass is 241 g/mol. The van der Waals surface area contributed by atoms with Crippen LogP contribution in [0.4, 0.5) is 5.69 Å². The first kappa shape index (κ1) is 11.2. The number of carbonyl (C=O) groups excluding carboxylic acids is 2. The number of rotatable bonds is 1. The van der Waals surface area contributed by atoms with Crippen LogP contribution < -0.4 is 5.32 Å². The Morgan fingerprint density at radius 1 is 1.17 bits per heavy atom. The van der Waals surface area contributed by atoms with Gasteiger partial charge in [-0.3, -0.25) is 9.59 Å². The Hall–Kier alpha value is -1.90. The van der Waals surface area contributed by atoms with Gasteiger partial charge < -0.3 is 5.32 Å². The second-order valence-corrected chi connectivity index (χ2v) is 4.90. The fraction of sp³-hybridized carbons (Fsp3) is 0.333. The van der Waals surface area contributed by atoms with Crippen molar-refractivity contribution in [1.29, 1.82) is 0 Å². The zero-order valence-electron chi connectivity index (χ0n) is 10.1. The van der Waals surface area contributed by atoms with Crippen LogP contribution >= 0.6 is 0 Å². The molecule has 0 saturated heterocycles. The van der Waals surface area contributed by atoms with Crippen LogP contribution in [0, 0.1) is 5.92 Å². The molecule has 3 nitrogen and oxygen atoms in total. The molecule has 1 amide bonds. The molecule has 0 radical (unpaired) electrons. The molecule has 92 valence electrons. The Balaban J connectivity index is 1.96. The molecule has 2 aliphatic rings. The van der Waals surface area contributed by atoms with Gasteiger partial charge in [0.2, 0.25) is 0 Å². The van der Waals surface area contributed by atoms with Crippen LogP contribution in [-0.4, -0.2) is 11.7 Å². The maximum atomic E-state index is 11.9. The predicted octanol–water partition coefficient (Wildman–Crippen LogP) is 2.78. The summed E-state index contributed by atoms with van der Waals surface area (Å²) in [6.45, 7) is 0. The first-order chi connectivity index (χ1) is 8.75. The molecule has 18 heavy (non-hydrogen) atoms. The van der Waals surface area contributed by atoms with Crippen LogP contribution in [0.1, 0.15) is 31.2 Å². The number of anilines is 1. The van der Waals surface area contributed by atoms with Gasteiger partial charge in [0.25, 0.3) is 5.91 Å². The molecular weight excluding hydrogens is 226 g/mol. The maximum absolute atomic E-state index is 11.9. The van der Waals surface area contributed by atoms with Gasteiger partial charge in [0, 0.05) is 29.2 Å². The smallest absolute Gasteiger partial charge is 0.256 e. The van der Waals surface area contributed by atoms with Crippen LogP contribution in [0.5, 0.6) is 0 Å². The Kier molecular flexibility index (Phi) is 2.74. The highest BCUT2D eigenvalue weighted by Crippen LogP contribution is 2.34. The van der Waals surface area contributed by atoms with Gasteiger partial charge in [0.1, 0.15) is 5.78 Å². The second-order valence-electron chi connectivity index (χ2n) is 4.90. The Labute approximate surface area is 106 Å². The summed E-state index contributed by atoms with van der Waals surface area (Å²) >= 11 is 0. The molecule has 3 heteroatoms. The summed E-state index contributed by atoms with van der Waals surface area (Å²) in [6.07, 6.45) is 5.45. The Morgan fingerprint density at radius 3 is 2.83 bits per heavy atom. The van der Waals surface area contributed by atoms with Crippen molar-refractivity contribution in [3.63, 3.8) is 0 Å². The molecule has 1 fully saturated rings. The van der Waals surface area contributed by atoms with E-state index in [2.05, 4.69) is 5.32 Å². The highest BCUT2D eigenvalue weighted by molar-refractivity contribution is 6.31. The molecular formula is C15H15NO2. The van der Waals surface area contributed by atoms with E-state index in [1.54, 1.807) is 0 Å². The van der Waals surface area contributed by atoms with Crippen molar-refractivity contribution in [3.8, 4) is 0 Å². The fourth-order valence-corrected chi connectivity index (χ4v) is 2.69. The molecule has 1 saturated carbocycles. The molecule has 1 aliphatic heterocycles. The molecule has 1 atom stereocenters. The summed E-state index contributed by atoms with van der Waals surface area (Å²) in [6, 6.07) is 7.62. The standard InChI is InChI=1S/C15H15NO2/c17-14-8-4-1-5-10(14)9-12-11-6-2-3-7-13(11)16-15(12)18/h2-3,6-7,9-10H,1,4-5,8H2,(H,16,18)/b12-9-. The van der Waals surface area contributed by atoms with E-state index < -0.39 is 0 Å². The normalized spacial score (nSPS) is 25.1. The number of amides is 1. The van der Waals surface area contributed by atoms with Gasteiger partial charge in [-0.15, -0.1) is 0 Å². The van der Waals surface area contributed by atoms with E-state index >= 15 is 0 Å². The van der Waals surface area contributed by atoms with E-state index in [1.807, 2.05) is 30.3 Å². The maximum Gasteiger partial charge on any atom is 0.256 e. The molecule has 1 N–H and O–H groups in total. The van der Waals surface area contributed by atoms with Crippen molar-refractivity contribution < 1.29 is 9.59 Å². The predicted molar refractivity (Wildman–Crippen MR) is 70.0 cm³/mol. The van der Waals surface area contributed by atoms with Gasteiger partial charge in [-0.2, -0.15) is 0 Å². The van der Waals surface area contributed by atoms with Gasteiger partial charge in [-0.05, 0) is 18.9 Å². The van der Waals surface area contributed by atoms with Crippen molar-refractivity contribution in [2.75, 3.05) is 5.32 Å². The van der Waals surface area contributed by atoms with E-state index in [0.717, 1.165) is 30.5 Å². The number of carbonyl (C=O) groups is 2. The van der Waals surface area contributed by atoms with Crippen molar-refractivity contribution in [2.24, 2.45) is 5.92 Å². The SMILES string of the molecule is O=C1Nc2ccccc2/C1=C/C1CCCCC1=O. The highest BCUT2D eigenvalue weighted by atomic mass is 16.2. The third-order valence-corrected chi connectivity index (χ3v) is 3.68. The topological polar surface area (TPSA) is 46.2 Å². The van der Waals surface area contributed by atoms with Gasteiger partial charge in [-0.1, -0.05) is 30.7 Å². The summed E-state index contributed by atoms with van der Waals surface area (Å²) in [7, 11) is 0. The van der Waals surface area contributed by atoms with Crippen molar-refractivity contribution in [3.05, 3.63) is 35.9 Å². The van der Waals surface area contributed by atoms with Crippen LogP contribution in [0.15, 0.2) is 30.3 Å². The van der Waals surface area contributed by atoms with Crippen molar-refractivity contribution >= 4 is 23.0 Å². The summed E-state index contributed by atoms with van der Waals surface area (Å²) in [5.41, 5.74) is 2.42. The number of hydrogen-bond donors (Lipinski definition) is 1. The van der Waals surface area contributed by atoms with E-state index in [-0.39, 0.29) is 17.6 Å².